The summed E-state index contributed by atoms with van der Waals surface area (Å²) >= 11 is 1.08. The summed E-state index contributed by atoms with van der Waals surface area (Å²) in [6, 6.07) is 7.54. The molecule has 0 bridgehead atoms. The summed E-state index contributed by atoms with van der Waals surface area (Å²) in [5.41, 5.74) is 1.95. The van der Waals surface area contributed by atoms with E-state index in [1.54, 1.807) is 6.92 Å². The van der Waals surface area contributed by atoms with Crippen molar-refractivity contribution in [3.63, 3.8) is 0 Å². The SMILES string of the molecule is Cc1nc(SCC(=O)[O-])c2oc3ccccc3c2n1. The number of carbonyl (C=O) groups excluding carboxylic acids is 1. The third-order valence-electron chi connectivity index (χ3n) is 2.63. The largest absolute Gasteiger partial charge is 0.549 e. The molecule has 0 aliphatic carbocycles. The lowest BCUT2D eigenvalue weighted by Crippen LogP contribution is -2.24. The van der Waals surface area contributed by atoms with E-state index in [0.29, 0.717) is 27.5 Å². The Morgan fingerprint density at radius 1 is 1.37 bits per heavy atom. The second kappa shape index (κ2) is 4.55. The topological polar surface area (TPSA) is 79.0 Å². The summed E-state index contributed by atoms with van der Waals surface area (Å²) in [6.45, 7) is 1.77. The van der Waals surface area contributed by atoms with Crippen molar-refractivity contribution >= 4 is 39.8 Å². The number of hydrogen-bond donors (Lipinski definition) is 0. The number of aliphatic carboxylic acids is 1. The molecule has 0 amide bonds. The Balaban J connectivity index is 2.23. The van der Waals surface area contributed by atoms with Crippen molar-refractivity contribution in [2.75, 3.05) is 5.75 Å². The van der Waals surface area contributed by atoms with E-state index in [1.165, 1.54) is 0 Å². The molecule has 96 valence electrons. The summed E-state index contributed by atoms with van der Waals surface area (Å²) in [5, 5.41) is 12.0. The fraction of sp³-hybridized carbons (Fsp3) is 0.154. The maximum absolute atomic E-state index is 10.6. The van der Waals surface area contributed by atoms with Gasteiger partial charge in [0.05, 0.1) is 5.97 Å². The van der Waals surface area contributed by atoms with Crippen molar-refractivity contribution in [2.45, 2.75) is 11.9 Å². The molecule has 0 radical (unpaired) electrons. The van der Waals surface area contributed by atoms with Crippen LogP contribution in [0, 0.1) is 6.92 Å². The van der Waals surface area contributed by atoms with Gasteiger partial charge in [-0.05, 0) is 19.1 Å². The zero-order valence-electron chi connectivity index (χ0n) is 10.0. The molecule has 1 aromatic carbocycles. The number of benzene rings is 1. The van der Waals surface area contributed by atoms with Crippen LogP contribution in [0.5, 0.6) is 0 Å². The Morgan fingerprint density at radius 3 is 2.95 bits per heavy atom. The molecule has 0 N–H and O–H groups in total. The van der Waals surface area contributed by atoms with Crippen LogP contribution in [0.3, 0.4) is 0 Å². The van der Waals surface area contributed by atoms with Gasteiger partial charge in [-0.25, -0.2) is 9.97 Å². The van der Waals surface area contributed by atoms with Gasteiger partial charge in [0, 0.05) is 11.1 Å². The van der Waals surface area contributed by atoms with Gasteiger partial charge >= 0.3 is 0 Å². The highest BCUT2D eigenvalue weighted by molar-refractivity contribution is 8.00. The van der Waals surface area contributed by atoms with Crippen LogP contribution >= 0.6 is 11.8 Å². The molecule has 0 aliphatic heterocycles. The number of carboxylic acids is 1. The molecule has 2 heterocycles. The van der Waals surface area contributed by atoms with Gasteiger partial charge in [0.1, 0.15) is 22.0 Å². The van der Waals surface area contributed by atoms with Gasteiger partial charge in [-0.2, -0.15) is 0 Å². The van der Waals surface area contributed by atoms with E-state index in [1.807, 2.05) is 24.3 Å². The van der Waals surface area contributed by atoms with Gasteiger partial charge in [0.15, 0.2) is 5.58 Å². The fourth-order valence-corrected chi connectivity index (χ4v) is 2.62. The standard InChI is InChI=1S/C13H10N2O3S/c1-7-14-11-8-4-2-3-5-9(8)18-12(11)13(15-7)19-6-10(16)17/h2-5H,6H2,1H3,(H,16,17)/p-1. The number of aryl methyl sites for hydroxylation is 1. The molecule has 0 saturated carbocycles. The maximum Gasteiger partial charge on any atom is 0.186 e. The molecule has 0 atom stereocenters. The number of carboxylic acid groups (broad SMARTS) is 1. The number of para-hydroxylation sites is 1. The zero-order valence-corrected chi connectivity index (χ0v) is 10.9. The number of carbonyl (C=O) groups is 1. The summed E-state index contributed by atoms with van der Waals surface area (Å²) < 4.78 is 5.71. The van der Waals surface area contributed by atoms with Crippen molar-refractivity contribution in [1.82, 2.24) is 9.97 Å². The monoisotopic (exact) mass is 273 g/mol. The fourth-order valence-electron chi connectivity index (χ4n) is 1.90. The Bertz CT molecular complexity index is 782. The number of nitrogens with zero attached hydrogens (tertiary/aromatic N) is 2. The van der Waals surface area contributed by atoms with Crippen LogP contribution in [0.15, 0.2) is 33.7 Å². The molecule has 0 unspecified atom stereocenters. The average Bonchev–Trinajstić information content (AvgIpc) is 2.75. The minimum Gasteiger partial charge on any atom is -0.549 e. The molecule has 0 spiro atoms. The maximum atomic E-state index is 10.6. The number of thioether (sulfide) groups is 1. The molecule has 6 heteroatoms. The molecule has 5 nitrogen and oxygen atoms in total. The number of rotatable bonds is 3. The number of aromatic nitrogens is 2. The lowest BCUT2D eigenvalue weighted by molar-refractivity contribution is -0.301. The van der Waals surface area contributed by atoms with Crippen LogP contribution in [0.4, 0.5) is 0 Å². The lowest BCUT2D eigenvalue weighted by Gasteiger charge is -2.03. The summed E-state index contributed by atoms with van der Waals surface area (Å²) in [7, 11) is 0. The molecule has 0 aliphatic rings. The number of furan rings is 1. The second-order valence-electron chi connectivity index (χ2n) is 4.01. The van der Waals surface area contributed by atoms with Crippen LogP contribution in [-0.2, 0) is 4.79 Å². The van der Waals surface area contributed by atoms with Crippen molar-refractivity contribution in [3.8, 4) is 0 Å². The van der Waals surface area contributed by atoms with E-state index in [4.69, 9.17) is 4.42 Å². The summed E-state index contributed by atoms with van der Waals surface area (Å²) in [6.07, 6.45) is 0. The highest BCUT2D eigenvalue weighted by atomic mass is 32.2. The summed E-state index contributed by atoms with van der Waals surface area (Å²) in [4.78, 5) is 19.2. The first-order chi connectivity index (χ1) is 9.15. The van der Waals surface area contributed by atoms with Gasteiger partial charge in [-0.1, -0.05) is 23.9 Å². The van der Waals surface area contributed by atoms with E-state index in [0.717, 1.165) is 17.1 Å². The molecule has 0 saturated heterocycles. The van der Waals surface area contributed by atoms with Crippen molar-refractivity contribution < 1.29 is 14.3 Å². The normalized spacial score (nSPS) is 11.2. The highest BCUT2D eigenvalue weighted by Crippen LogP contribution is 2.32. The molecular formula is C13H9N2O3S-. The van der Waals surface area contributed by atoms with E-state index >= 15 is 0 Å². The molecular weight excluding hydrogens is 264 g/mol. The first-order valence-corrected chi connectivity index (χ1v) is 6.62. The summed E-state index contributed by atoms with van der Waals surface area (Å²) in [5.74, 6) is -0.715. The molecule has 3 aromatic rings. The molecule has 19 heavy (non-hydrogen) atoms. The highest BCUT2D eigenvalue weighted by Gasteiger charge is 2.14. The van der Waals surface area contributed by atoms with Gasteiger partial charge < -0.3 is 14.3 Å². The predicted molar refractivity (Wildman–Crippen MR) is 69.8 cm³/mol. The number of fused-ring (bicyclic) bond motifs is 3. The van der Waals surface area contributed by atoms with E-state index in [2.05, 4.69) is 9.97 Å². The average molecular weight is 273 g/mol. The zero-order chi connectivity index (χ0) is 13.4. The van der Waals surface area contributed by atoms with Crippen LogP contribution in [-0.4, -0.2) is 21.7 Å². The Labute approximate surface area is 112 Å². The first kappa shape index (κ1) is 12.0. The molecule has 0 fully saturated rings. The molecule has 3 rings (SSSR count). The van der Waals surface area contributed by atoms with E-state index in [-0.39, 0.29) is 5.75 Å². The van der Waals surface area contributed by atoms with Crippen LogP contribution in [0.1, 0.15) is 5.82 Å². The van der Waals surface area contributed by atoms with Crippen LogP contribution in [0.25, 0.3) is 22.1 Å². The minimum atomic E-state index is -1.13. The Kier molecular flexibility index (Phi) is 2.87. The van der Waals surface area contributed by atoms with Crippen LogP contribution in [0.2, 0.25) is 0 Å². The van der Waals surface area contributed by atoms with Crippen molar-refractivity contribution in [1.29, 1.82) is 0 Å². The Morgan fingerprint density at radius 2 is 2.16 bits per heavy atom. The van der Waals surface area contributed by atoms with Gasteiger partial charge in [0.2, 0.25) is 0 Å². The van der Waals surface area contributed by atoms with Crippen LogP contribution < -0.4 is 5.11 Å². The third-order valence-corrected chi connectivity index (χ3v) is 3.56. The van der Waals surface area contributed by atoms with E-state index in [9.17, 15) is 9.90 Å². The predicted octanol–water partition coefficient (Wildman–Crippen LogP) is 1.53. The van der Waals surface area contributed by atoms with Crippen molar-refractivity contribution in [3.05, 3.63) is 30.1 Å². The minimum absolute atomic E-state index is 0.164. The number of hydrogen-bond acceptors (Lipinski definition) is 6. The third kappa shape index (κ3) is 2.15. The smallest absolute Gasteiger partial charge is 0.186 e. The van der Waals surface area contributed by atoms with Gasteiger partial charge in [-0.15, -0.1) is 0 Å². The van der Waals surface area contributed by atoms with E-state index < -0.39 is 5.97 Å². The van der Waals surface area contributed by atoms with Gasteiger partial charge in [-0.3, -0.25) is 0 Å². The lowest BCUT2D eigenvalue weighted by atomic mass is 10.2. The Hall–Kier alpha value is -2.08. The second-order valence-corrected chi connectivity index (χ2v) is 4.98. The quantitative estimate of drug-likeness (QED) is 0.532. The van der Waals surface area contributed by atoms with Gasteiger partial charge in [0.25, 0.3) is 0 Å². The first-order valence-electron chi connectivity index (χ1n) is 5.63. The molecule has 2 aromatic heterocycles. The van der Waals surface area contributed by atoms with Crippen molar-refractivity contribution in [2.24, 2.45) is 0 Å².